The van der Waals surface area contributed by atoms with Crippen molar-refractivity contribution in [2.45, 2.75) is 20.3 Å². The monoisotopic (exact) mass is 266 g/mol. The SMILES string of the molecule is CC1(C)CNCCC(=O)N(c2ccc(Cl)cc2)C1. The molecule has 18 heavy (non-hydrogen) atoms. The predicted molar refractivity (Wildman–Crippen MR) is 75.1 cm³/mol. The molecule has 1 aromatic carbocycles. The van der Waals surface area contributed by atoms with Gasteiger partial charge in [0.1, 0.15) is 0 Å². The van der Waals surface area contributed by atoms with E-state index in [1.807, 2.05) is 29.2 Å². The van der Waals surface area contributed by atoms with Gasteiger partial charge in [-0.25, -0.2) is 0 Å². The molecular weight excluding hydrogens is 248 g/mol. The number of nitrogens with one attached hydrogen (secondary N) is 1. The molecule has 1 fully saturated rings. The van der Waals surface area contributed by atoms with Gasteiger partial charge in [-0.15, -0.1) is 0 Å². The summed E-state index contributed by atoms with van der Waals surface area (Å²) in [5.41, 5.74) is 0.995. The van der Waals surface area contributed by atoms with E-state index in [1.165, 1.54) is 0 Å². The Hall–Kier alpha value is -1.06. The largest absolute Gasteiger partial charge is 0.316 e. The number of rotatable bonds is 1. The molecule has 4 heteroatoms. The van der Waals surface area contributed by atoms with Crippen molar-refractivity contribution < 1.29 is 4.79 Å². The summed E-state index contributed by atoms with van der Waals surface area (Å²) in [7, 11) is 0. The van der Waals surface area contributed by atoms with Crippen LogP contribution in [0.5, 0.6) is 0 Å². The highest BCUT2D eigenvalue weighted by Gasteiger charge is 2.27. The predicted octanol–water partition coefficient (Wildman–Crippen LogP) is 2.69. The molecule has 98 valence electrons. The number of benzene rings is 1. The molecule has 0 unspecified atom stereocenters. The minimum Gasteiger partial charge on any atom is -0.316 e. The van der Waals surface area contributed by atoms with Gasteiger partial charge in [-0.3, -0.25) is 4.79 Å². The molecule has 0 saturated carbocycles. The number of carbonyl (C=O) groups excluding carboxylic acids is 1. The van der Waals surface area contributed by atoms with Crippen molar-refractivity contribution in [3.05, 3.63) is 29.3 Å². The smallest absolute Gasteiger partial charge is 0.228 e. The maximum atomic E-state index is 12.2. The Balaban J connectivity index is 2.26. The zero-order chi connectivity index (χ0) is 13.2. The summed E-state index contributed by atoms with van der Waals surface area (Å²) in [5, 5.41) is 4.01. The summed E-state index contributed by atoms with van der Waals surface area (Å²) in [6.07, 6.45) is 0.540. The van der Waals surface area contributed by atoms with Gasteiger partial charge >= 0.3 is 0 Å². The van der Waals surface area contributed by atoms with Crippen LogP contribution in [0.3, 0.4) is 0 Å². The molecule has 1 aromatic rings. The number of hydrogen-bond donors (Lipinski definition) is 1. The van der Waals surface area contributed by atoms with Gasteiger partial charge in [-0.05, 0) is 29.7 Å². The summed E-state index contributed by atoms with van der Waals surface area (Å²) >= 11 is 5.89. The van der Waals surface area contributed by atoms with Crippen LogP contribution < -0.4 is 10.2 Å². The second kappa shape index (κ2) is 5.29. The van der Waals surface area contributed by atoms with Crippen molar-refractivity contribution in [3.63, 3.8) is 0 Å². The molecule has 1 aliphatic rings. The summed E-state index contributed by atoms with van der Waals surface area (Å²) in [4.78, 5) is 14.1. The van der Waals surface area contributed by atoms with Crippen molar-refractivity contribution in [1.29, 1.82) is 0 Å². The zero-order valence-corrected chi connectivity index (χ0v) is 11.6. The van der Waals surface area contributed by atoms with Gasteiger partial charge in [-0.1, -0.05) is 25.4 Å². The fourth-order valence-electron chi connectivity index (χ4n) is 2.19. The van der Waals surface area contributed by atoms with E-state index < -0.39 is 0 Å². The minimum atomic E-state index is 0.0652. The molecule has 2 rings (SSSR count). The lowest BCUT2D eigenvalue weighted by Crippen LogP contribution is -2.47. The van der Waals surface area contributed by atoms with Crippen LogP contribution in [0.2, 0.25) is 5.02 Å². The van der Waals surface area contributed by atoms with Crippen molar-refractivity contribution in [2.75, 3.05) is 24.5 Å². The van der Waals surface area contributed by atoms with Gasteiger partial charge < -0.3 is 10.2 Å². The normalized spacial score (nSPS) is 20.4. The first kappa shape index (κ1) is 13.4. The van der Waals surface area contributed by atoms with E-state index in [0.717, 1.165) is 25.3 Å². The highest BCUT2D eigenvalue weighted by molar-refractivity contribution is 6.30. The summed E-state index contributed by atoms with van der Waals surface area (Å²) < 4.78 is 0. The van der Waals surface area contributed by atoms with E-state index in [2.05, 4.69) is 19.2 Å². The Morgan fingerprint density at radius 2 is 1.94 bits per heavy atom. The average molecular weight is 267 g/mol. The Morgan fingerprint density at radius 1 is 1.28 bits per heavy atom. The topological polar surface area (TPSA) is 32.3 Å². The van der Waals surface area contributed by atoms with Crippen LogP contribution in [0.15, 0.2) is 24.3 Å². The van der Waals surface area contributed by atoms with E-state index in [-0.39, 0.29) is 11.3 Å². The van der Waals surface area contributed by atoms with E-state index in [9.17, 15) is 4.79 Å². The van der Waals surface area contributed by atoms with Crippen LogP contribution in [-0.2, 0) is 4.79 Å². The molecule has 0 aliphatic carbocycles. The Bertz CT molecular complexity index is 428. The fourth-order valence-corrected chi connectivity index (χ4v) is 2.31. The standard InChI is InChI=1S/C14H19ClN2O/c1-14(2)9-16-8-7-13(18)17(10-14)12-5-3-11(15)4-6-12/h3-6,16H,7-10H2,1-2H3. The van der Waals surface area contributed by atoms with Gasteiger partial charge in [-0.2, -0.15) is 0 Å². The van der Waals surface area contributed by atoms with E-state index in [1.54, 1.807) is 0 Å². The van der Waals surface area contributed by atoms with Crippen LogP contribution in [0.1, 0.15) is 20.3 Å². The Labute approximate surface area is 113 Å². The van der Waals surface area contributed by atoms with Crippen LogP contribution in [0, 0.1) is 5.41 Å². The quantitative estimate of drug-likeness (QED) is 0.848. The van der Waals surface area contributed by atoms with Crippen molar-refractivity contribution in [1.82, 2.24) is 5.32 Å². The highest BCUT2D eigenvalue weighted by Crippen LogP contribution is 2.25. The Morgan fingerprint density at radius 3 is 2.61 bits per heavy atom. The molecule has 0 atom stereocenters. The fraction of sp³-hybridized carbons (Fsp3) is 0.500. The summed E-state index contributed by atoms with van der Waals surface area (Å²) in [6.45, 7) is 6.72. The van der Waals surface area contributed by atoms with Gasteiger partial charge in [0.25, 0.3) is 0 Å². The van der Waals surface area contributed by atoms with E-state index in [4.69, 9.17) is 11.6 Å². The molecule has 0 radical (unpaired) electrons. The number of anilines is 1. The third-order valence-corrected chi connectivity index (χ3v) is 3.40. The van der Waals surface area contributed by atoms with Gasteiger partial charge in [0.2, 0.25) is 5.91 Å². The first-order valence-electron chi connectivity index (χ1n) is 6.25. The lowest BCUT2D eigenvalue weighted by molar-refractivity contribution is -0.119. The van der Waals surface area contributed by atoms with Crippen LogP contribution in [-0.4, -0.2) is 25.5 Å². The van der Waals surface area contributed by atoms with Crippen LogP contribution >= 0.6 is 11.6 Å². The van der Waals surface area contributed by atoms with Gasteiger partial charge in [0.05, 0.1) is 0 Å². The summed E-state index contributed by atoms with van der Waals surface area (Å²) in [6, 6.07) is 7.47. The first-order chi connectivity index (χ1) is 8.48. The lowest BCUT2D eigenvalue weighted by atomic mass is 9.91. The van der Waals surface area contributed by atoms with E-state index in [0.29, 0.717) is 11.4 Å². The summed E-state index contributed by atoms with van der Waals surface area (Å²) in [5.74, 6) is 0.164. The molecule has 0 spiro atoms. The van der Waals surface area contributed by atoms with E-state index >= 15 is 0 Å². The maximum absolute atomic E-state index is 12.2. The lowest BCUT2D eigenvalue weighted by Gasteiger charge is -2.35. The second-order valence-corrected chi connectivity index (χ2v) is 5.98. The minimum absolute atomic E-state index is 0.0652. The molecule has 0 aromatic heterocycles. The molecule has 1 amide bonds. The van der Waals surface area contributed by atoms with Crippen molar-refractivity contribution >= 4 is 23.2 Å². The number of carbonyl (C=O) groups is 1. The number of nitrogens with zero attached hydrogens (tertiary/aromatic N) is 1. The van der Waals surface area contributed by atoms with Crippen LogP contribution in [0.25, 0.3) is 0 Å². The van der Waals surface area contributed by atoms with Crippen molar-refractivity contribution in [2.24, 2.45) is 5.41 Å². The number of halogens is 1. The van der Waals surface area contributed by atoms with Gasteiger partial charge in [0.15, 0.2) is 0 Å². The maximum Gasteiger partial charge on any atom is 0.228 e. The highest BCUT2D eigenvalue weighted by atomic mass is 35.5. The molecule has 3 nitrogen and oxygen atoms in total. The Kier molecular flexibility index (Phi) is 3.93. The van der Waals surface area contributed by atoms with Crippen LogP contribution in [0.4, 0.5) is 5.69 Å². The zero-order valence-electron chi connectivity index (χ0n) is 10.9. The third kappa shape index (κ3) is 3.24. The molecule has 1 saturated heterocycles. The molecule has 0 bridgehead atoms. The average Bonchev–Trinajstić information content (AvgIpc) is 2.31. The third-order valence-electron chi connectivity index (χ3n) is 3.14. The van der Waals surface area contributed by atoms with Crippen molar-refractivity contribution in [3.8, 4) is 0 Å². The molecule has 1 N–H and O–H groups in total. The number of hydrogen-bond acceptors (Lipinski definition) is 2. The number of amides is 1. The second-order valence-electron chi connectivity index (χ2n) is 5.55. The first-order valence-corrected chi connectivity index (χ1v) is 6.62. The molecule has 1 aliphatic heterocycles. The molecular formula is C14H19ClN2O. The molecule has 1 heterocycles. The van der Waals surface area contributed by atoms with Gasteiger partial charge in [0, 0.05) is 36.8 Å².